The molecule has 2 rings (SSSR count). The molecule has 4 heteroatoms. The summed E-state index contributed by atoms with van der Waals surface area (Å²) in [5.74, 6) is -0.784. The molecule has 2 N–H and O–H groups in total. The van der Waals surface area contributed by atoms with Crippen LogP contribution in [0.25, 0.3) is 0 Å². The van der Waals surface area contributed by atoms with Crippen molar-refractivity contribution in [1.82, 2.24) is 0 Å². The average molecular weight is 251 g/mol. The van der Waals surface area contributed by atoms with Crippen LogP contribution in [0.2, 0.25) is 0 Å². The number of methoxy groups -OCH3 is 1. The van der Waals surface area contributed by atoms with Gasteiger partial charge in [0.1, 0.15) is 5.82 Å². The summed E-state index contributed by atoms with van der Waals surface area (Å²) in [4.78, 5) is 11.4. The standard InChI is InChI=1S/C14H18FNO2/c1-18-14(17)12-8-10(4-7-13(12)15)9-2-5-11(16)6-3-9/h4,7-9,11H,2-3,5-6,16H2,1H3. The lowest BCUT2D eigenvalue weighted by Crippen LogP contribution is -2.25. The number of benzene rings is 1. The molecule has 0 atom stereocenters. The molecule has 0 radical (unpaired) electrons. The molecule has 1 aliphatic carbocycles. The molecule has 18 heavy (non-hydrogen) atoms. The third kappa shape index (κ3) is 2.70. The monoisotopic (exact) mass is 251 g/mol. The Morgan fingerprint density at radius 1 is 1.33 bits per heavy atom. The number of rotatable bonds is 2. The highest BCUT2D eigenvalue weighted by molar-refractivity contribution is 5.89. The highest BCUT2D eigenvalue weighted by atomic mass is 19.1. The Balaban J connectivity index is 2.21. The van der Waals surface area contributed by atoms with Gasteiger partial charge in [0.15, 0.2) is 0 Å². The van der Waals surface area contributed by atoms with Crippen LogP contribution in [0.3, 0.4) is 0 Å². The summed E-state index contributed by atoms with van der Waals surface area (Å²) in [5.41, 5.74) is 6.89. The van der Waals surface area contributed by atoms with Crippen LogP contribution in [0.1, 0.15) is 47.5 Å². The Kier molecular flexibility index (Phi) is 3.97. The highest BCUT2D eigenvalue weighted by Crippen LogP contribution is 2.33. The van der Waals surface area contributed by atoms with E-state index in [1.54, 1.807) is 12.1 Å². The molecule has 1 aromatic carbocycles. The summed E-state index contributed by atoms with van der Waals surface area (Å²) in [6.07, 6.45) is 3.95. The fraction of sp³-hybridized carbons (Fsp3) is 0.500. The van der Waals surface area contributed by atoms with E-state index in [1.165, 1.54) is 13.2 Å². The Morgan fingerprint density at radius 3 is 2.61 bits per heavy atom. The molecule has 1 fully saturated rings. The molecule has 0 aliphatic heterocycles. The second kappa shape index (κ2) is 5.48. The summed E-state index contributed by atoms with van der Waals surface area (Å²) in [7, 11) is 1.26. The number of carbonyl (C=O) groups excluding carboxylic acids is 1. The van der Waals surface area contributed by atoms with Crippen molar-refractivity contribution in [3.05, 3.63) is 35.1 Å². The van der Waals surface area contributed by atoms with Gasteiger partial charge in [-0.2, -0.15) is 0 Å². The fourth-order valence-electron chi connectivity index (χ4n) is 2.52. The van der Waals surface area contributed by atoms with Crippen LogP contribution in [0.15, 0.2) is 18.2 Å². The van der Waals surface area contributed by atoms with Gasteiger partial charge in [0, 0.05) is 6.04 Å². The van der Waals surface area contributed by atoms with Crippen molar-refractivity contribution in [1.29, 1.82) is 0 Å². The van der Waals surface area contributed by atoms with Crippen LogP contribution in [0.5, 0.6) is 0 Å². The molecule has 3 nitrogen and oxygen atoms in total. The van der Waals surface area contributed by atoms with Crippen molar-refractivity contribution in [2.75, 3.05) is 7.11 Å². The predicted molar refractivity (Wildman–Crippen MR) is 66.9 cm³/mol. The van der Waals surface area contributed by atoms with E-state index in [2.05, 4.69) is 4.74 Å². The van der Waals surface area contributed by atoms with Gasteiger partial charge in [-0.15, -0.1) is 0 Å². The first-order valence-corrected chi connectivity index (χ1v) is 6.25. The number of nitrogens with two attached hydrogens (primary N) is 1. The van der Waals surface area contributed by atoms with Crippen molar-refractivity contribution in [3.63, 3.8) is 0 Å². The van der Waals surface area contributed by atoms with Gasteiger partial charge >= 0.3 is 5.97 Å². The van der Waals surface area contributed by atoms with E-state index in [-0.39, 0.29) is 11.6 Å². The smallest absolute Gasteiger partial charge is 0.340 e. The maximum atomic E-state index is 13.5. The Labute approximate surface area is 106 Å². The molecule has 98 valence electrons. The van der Waals surface area contributed by atoms with Crippen LogP contribution < -0.4 is 5.73 Å². The minimum atomic E-state index is -0.623. The zero-order chi connectivity index (χ0) is 13.1. The first-order chi connectivity index (χ1) is 8.61. The zero-order valence-electron chi connectivity index (χ0n) is 10.5. The molecule has 0 saturated heterocycles. The predicted octanol–water partition coefficient (Wildman–Crippen LogP) is 2.60. The Hall–Kier alpha value is -1.42. The van der Waals surface area contributed by atoms with Crippen molar-refractivity contribution in [2.45, 2.75) is 37.6 Å². The van der Waals surface area contributed by atoms with Crippen molar-refractivity contribution in [3.8, 4) is 0 Å². The topological polar surface area (TPSA) is 52.3 Å². The van der Waals surface area contributed by atoms with Gasteiger partial charge in [0.05, 0.1) is 12.7 Å². The van der Waals surface area contributed by atoms with E-state index in [4.69, 9.17) is 5.73 Å². The van der Waals surface area contributed by atoms with E-state index in [0.717, 1.165) is 31.2 Å². The lowest BCUT2D eigenvalue weighted by atomic mass is 9.81. The van der Waals surface area contributed by atoms with Crippen LogP contribution >= 0.6 is 0 Å². The van der Waals surface area contributed by atoms with Gasteiger partial charge in [0.2, 0.25) is 0 Å². The molecular formula is C14H18FNO2. The van der Waals surface area contributed by atoms with Gasteiger partial charge in [-0.25, -0.2) is 9.18 Å². The zero-order valence-corrected chi connectivity index (χ0v) is 10.5. The van der Waals surface area contributed by atoms with Crippen molar-refractivity contribution >= 4 is 5.97 Å². The summed E-state index contributed by atoms with van der Waals surface area (Å²) < 4.78 is 18.1. The first kappa shape index (κ1) is 13.0. The maximum Gasteiger partial charge on any atom is 0.340 e. The first-order valence-electron chi connectivity index (χ1n) is 6.25. The van der Waals surface area contributed by atoms with Crippen molar-refractivity contribution in [2.24, 2.45) is 5.73 Å². The van der Waals surface area contributed by atoms with Gasteiger partial charge < -0.3 is 10.5 Å². The summed E-state index contributed by atoms with van der Waals surface area (Å²) >= 11 is 0. The molecule has 1 aliphatic rings. The average Bonchev–Trinajstić information content (AvgIpc) is 2.39. The molecule has 1 saturated carbocycles. The normalized spacial score (nSPS) is 23.7. The largest absolute Gasteiger partial charge is 0.465 e. The van der Waals surface area contributed by atoms with E-state index < -0.39 is 11.8 Å². The third-order valence-electron chi connectivity index (χ3n) is 3.64. The molecule has 0 unspecified atom stereocenters. The Morgan fingerprint density at radius 2 is 2.00 bits per heavy atom. The quantitative estimate of drug-likeness (QED) is 0.822. The molecule has 0 amide bonds. The molecule has 0 bridgehead atoms. The SMILES string of the molecule is COC(=O)c1cc(C2CCC(N)CC2)ccc1F. The molecular weight excluding hydrogens is 233 g/mol. The van der Waals surface area contributed by atoms with Gasteiger partial charge in [-0.05, 0) is 49.3 Å². The van der Waals surface area contributed by atoms with Crippen LogP contribution in [-0.4, -0.2) is 19.1 Å². The highest BCUT2D eigenvalue weighted by Gasteiger charge is 2.22. The van der Waals surface area contributed by atoms with Crippen LogP contribution in [0.4, 0.5) is 4.39 Å². The number of hydrogen-bond donors (Lipinski definition) is 1. The molecule has 0 spiro atoms. The summed E-state index contributed by atoms with van der Waals surface area (Å²) in [6, 6.07) is 4.99. The van der Waals surface area contributed by atoms with E-state index in [0.29, 0.717) is 5.92 Å². The summed E-state index contributed by atoms with van der Waals surface area (Å²) in [6.45, 7) is 0. The van der Waals surface area contributed by atoms with Gasteiger partial charge in [0.25, 0.3) is 0 Å². The number of esters is 1. The number of halogens is 1. The number of carbonyl (C=O) groups is 1. The lowest BCUT2D eigenvalue weighted by Gasteiger charge is -2.26. The maximum absolute atomic E-state index is 13.5. The Bertz CT molecular complexity index is 439. The lowest BCUT2D eigenvalue weighted by molar-refractivity contribution is 0.0595. The van der Waals surface area contributed by atoms with Crippen LogP contribution in [0, 0.1) is 5.82 Å². The molecule has 1 aromatic rings. The van der Waals surface area contributed by atoms with E-state index in [1.807, 2.05) is 0 Å². The molecule has 0 heterocycles. The second-order valence-electron chi connectivity index (χ2n) is 4.84. The number of hydrogen-bond acceptors (Lipinski definition) is 3. The minimum Gasteiger partial charge on any atom is -0.465 e. The van der Waals surface area contributed by atoms with E-state index >= 15 is 0 Å². The number of ether oxygens (including phenoxy) is 1. The third-order valence-corrected chi connectivity index (χ3v) is 3.64. The summed E-state index contributed by atoms with van der Waals surface area (Å²) in [5, 5.41) is 0. The minimum absolute atomic E-state index is 0.0184. The van der Waals surface area contributed by atoms with Crippen LogP contribution in [-0.2, 0) is 4.74 Å². The van der Waals surface area contributed by atoms with Crippen molar-refractivity contribution < 1.29 is 13.9 Å². The fourth-order valence-corrected chi connectivity index (χ4v) is 2.52. The van der Waals surface area contributed by atoms with E-state index in [9.17, 15) is 9.18 Å². The van der Waals surface area contributed by atoms with Gasteiger partial charge in [-0.1, -0.05) is 6.07 Å². The molecule has 0 aromatic heterocycles. The van der Waals surface area contributed by atoms with Gasteiger partial charge in [-0.3, -0.25) is 0 Å². The second-order valence-corrected chi connectivity index (χ2v) is 4.84.